The van der Waals surface area contributed by atoms with Gasteiger partial charge >= 0.3 is 0 Å². The molecule has 3 aromatic carbocycles. The maximum atomic E-state index is 14.9. The van der Waals surface area contributed by atoms with E-state index in [4.69, 9.17) is 9.47 Å². The van der Waals surface area contributed by atoms with E-state index >= 15 is 0 Å². The first-order valence-electron chi connectivity index (χ1n) is 11.2. The molecule has 1 aliphatic carbocycles. The molecule has 1 aliphatic heterocycles. The predicted octanol–water partition coefficient (Wildman–Crippen LogP) is 4.50. The third kappa shape index (κ3) is 4.74. The number of fused-ring (bicyclic) bond motifs is 1. The van der Waals surface area contributed by atoms with Gasteiger partial charge < -0.3 is 14.8 Å². The molecular weight excluding hydrogens is 471 g/mol. The summed E-state index contributed by atoms with van der Waals surface area (Å²) in [6, 6.07) is 15.8. The highest BCUT2D eigenvalue weighted by atomic mass is 32.2. The van der Waals surface area contributed by atoms with E-state index < -0.39 is 21.3 Å². The fourth-order valence-electron chi connectivity index (χ4n) is 4.30. The topological polar surface area (TPSA) is 93.7 Å². The molecule has 35 heavy (non-hydrogen) atoms. The van der Waals surface area contributed by atoms with Crippen molar-refractivity contribution in [2.45, 2.75) is 31.7 Å². The number of rotatable bonds is 7. The Morgan fingerprint density at radius 3 is 2.46 bits per heavy atom. The molecule has 0 aromatic heterocycles. The van der Waals surface area contributed by atoms with Crippen LogP contribution in [0.4, 0.5) is 10.1 Å². The average Bonchev–Trinajstić information content (AvgIpc) is 3.50. The molecule has 0 unspecified atom stereocenters. The van der Waals surface area contributed by atoms with E-state index in [1.54, 1.807) is 19.1 Å². The molecule has 0 saturated heterocycles. The number of amides is 1. The summed E-state index contributed by atoms with van der Waals surface area (Å²) in [6.07, 6.45) is 2.45. The highest BCUT2D eigenvalue weighted by Crippen LogP contribution is 2.51. The van der Waals surface area contributed by atoms with Crippen LogP contribution in [-0.2, 0) is 26.8 Å². The minimum atomic E-state index is -3.29. The summed E-state index contributed by atoms with van der Waals surface area (Å²) < 4.78 is 50.8. The molecule has 1 saturated carbocycles. The number of carbonyl (C=O) groups is 1. The van der Waals surface area contributed by atoms with Crippen molar-refractivity contribution >= 4 is 21.6 Å². The van der Waals surface area contributed by atoms with Gasteiger partial charge in [-0.1, -0.05) is 30.3 Å². The summed E-state index contributed by atoms with van der Waals surface area (Å²) in [7, 11) is -3.29. The Labute approximate surface area is 204 Å². The molecule has 2 N–H and O–H groups in total. The summed E-state index contributed by atoms with van der Waals surface area (Å²) >= 11 is 0. The molecule has 2 aliphatic rings. The lowest BCUT2D eigenvalue weighted by Gasteiger charge is -2.18. The first kappa shape index (κ1) is 23.3. The maximum absolute atomic E-state index is 14.9. The van der Waals surface area contributed by atoms with E-state index in [9.17, 15) is 17.6 Å². The van der Waals surface area contributed by atoms with Crippen LogP contribution in [0, 0.1) is 12.7 Å². The monoisotopic (exact) mass is 498 g/mol. The van der Waals surface area contributed by atoms with Gasteiger partial charge in [0.05, 0.1) is 17.4 Å². The van der Waals surface area contributed by atoms with Crippen molar-refractivity contribution in [3.05, 3.63) is 77.1 Å². The van der Waals surface area contributed by atoms with Crippen molar-refractivity contribution in [3.63, 3.8) is 0 Å². The number of ether oxygens (including phenoxy) is 2. The van der Waals surface area contributed by atoms with E-state index in [-0.39, 0.29) is 26.4 Å². The van der Waals surface area contributed by atoms with E-state index in [2.05, 4.69) is 10.0 Å². The molecule has 0 spiro atoms. The fraction of sp³-hybridized carbons (Fsp3) is 0.269. The summed E-state index contributed by atoms with van der Waals surface area (Å²) in [5, 5.41) is 2.80. The van der Waals surface area contributed by atoms with Crippen molar-refractivity contribution in [3.8, 4) is 22.6 Å². The molecule has 1 fully saturated rings. The Bertz CT molecular complexity index is 1420. The number of anilines is 1. The molecule has 3 aromatic rings. The Hall–Kier alpha value is -3.43. The smallest absolute Gasteiger partial charge is 0.235 e. The number of nitrogens with one attached hydrogen (secondary N) is 2. The van der Waals surface area contributed by atoms with Gasteiger partial charge in [0.1, 0.15) is 5.82 Å². The van der Waals surface area contributed by atoms with Gasteiger partial charge in [-0.25, -0.2) is 17.5 Å². The second-order valence-electron chi connectivity index (χ2n) is 9.04. The summed E-state index contributed by atoms with van der Waals surface area (Å²) in [4.78, 5) is 13.3. The van der Waals surface area contributed by atoms with Crippen LogP contribution in [0.25, 0.3) is 11.1 Å². The Kier molecular flexibility index (Phi) is 5.77. The Balaban J connectivity index is 0.00000304. The molecular formula is C26H27FN2O5S. The highest BCUT2D eigenvalue weighted by molar-refractivity contribution is 7.88. The van der Waals surface area contributed by atoms with Crippen molar-refractivity contribution in [2.75, 3.05) is 18.4 Å². The zero-order valence-corrected chi connectivity index (χ0v) is 20.2. The first-order valence-corrected chi connectivity index (χ1v) is 13.1. The van der Waals surface area contributed by atoms with Crippen LogP contribution in [-0.4, -0.2) is 27.4 Å². The molecule has 7 nitrogen and oxygen atoms in total. The Morgan fingerprint density at radius 1 is 1.06 bits per heavy atom. The van der Waals surface area contributed by atoms with Crippen molar-refractivity contribution in [2.24, 2.45) is 0 Å². The third-order valence-electron chi connectivity index (χ3n) is 6.48. The van der Waals surface area contributed by atoms with E-state index in [1.807, 2.05) is 36.4 Å². The second kappa shape index (κ2) is 8.66. The zero-order valence-electron chi connectivity index (χ0n) is 19.4. The molecule has 9 heteroatoms. The van der Waals surface area contributed by atoms with Crippen LogP contribution in [0.3, 0.4) is 0 Å². The lowest BCUT2D eigenvalue weighted by molar-refractivity contribution is -0.118. The van der Waals surface area contributed by atoms with E-state index in [0.717, 1.165) is 34.1 Å². The van der Waals surface area contributed by atoms with Crippen LogP contribution in [0.1, 0.15) is 31.0 Å². The van der Waals surface area contributed by atoms with Gasteiger partial charge in [-0.2, -0.15) is 0 Å². The zero-order chi connectivity index (χ0) is 24.8. The quantitative estimate of drug-likeness (QED) is 0.501. The van der Waals surface area contributed by atoms with Crippen LogP contribution in [0.15, 0.2) is 54.6 Å². The maximum Gasteiger partial charge on any atom is 0.235 e. The first-order chi connectivity index (χ1) is 16.6. The normalized spacial score (nSPS) is 15.6. The number of hydrogen-bond acceptors (Lipinski definition) is 5. The number of aryl methyl sites for hydroxylation is 1. The number of benzene rings is 3. The number of halogens is 1. The third-order valence-corrected chi connectivity index (χ3v) is 7.14. The highest BCUT2D eigenvalue weighted by Gasteiger charge is 2.51. The molecule has 1 amide bonds. The van der Waals surface area contributed by atoms with Crippen LogP contribution >= 0.6 is 0 Å². The van der Waals surface area contributed by atoms with E-state index in [0.29, 0.717) is 24.3 Å². The second-order valence-corrected chi connectivity index (χ2v) is 10.9. The number of sulfonamides is 1. The van der Waals surface area contributed by atoms with Crippen molar-refractivity contribution in [1.29, 1.82) is 0 Å². The van der Waals surface area contributed by atoms with Gasteiger partial charge in [-0.15, -0.1) is 0 Å². The van der Waals surface area contributed by atoms with Gasteiger partial charge in [0, 0.05) is 7.97 Å². The van der Waals surface area contributed by atoms with E-state index in [1.165, 1.54) is 6.07 Å². The largest absolute Gasteiger partial charge is 0.454 e. The molecule has 5 rings (SSSR count). The summed E-state index contributed by atoms with van der Waals surface area (Å²) in [5.41, 5.74) is 3.35. The van der Waals surface area contributed by atoms with Crippen LogP contribution in [0.5, 0.6) is 11.5 Å². The van der Waals surface area contributed by atoms with Gasteiger partial charge in [0.15, 0.2) is 11.5 Å². The average molecular weight is 499 g/mol. The minimum absolute atomic E-state index is 0. The molecule has 0 atom stereocenters. The van der Waals surface area contributed by atoms with Crippen LogP contribution < -0.4 is 19.5 Å². The standard InChI is InChI=1S/C26H25FN2O5S.H2/c1-16-11-21(27)22(13-20(16)18-5-3-17(4-6-18)14-28-35(2,31)32)29-25(30)26(9-10-26)19-7-8-23-24(12-19)34-15-33-23;/h3-8,11-13,28H,9-10,14-15H2,1-2H3,(H,29,30);1H. The Morgan fingerprint density at radius 2 is 1.77 bits per heavy atom. The number of carbonyl (C=O) groups excluding carboxylic acids is 1. The summed E-state index contributed by atoms with van der Waals surface area (Å²) in [6.45, 7) is 2.15. The summed E-state index contributed by atoms with van der Waals surface area (Å²) in [5.74, 6) is 0.500. The molecule has 0 radical (unpaired) electrons. The number of hydrogen-bond donors (Lipinski definition) is 2. The van der Waals surface area contributed by atoms with Crippen molar-refractivity contribution < 1.29 is 28.5 Å². The van der Waals surface area contributed by atoms with Gasteiger partial charge in [-0.3, -0.25) is 4.79 Å². The molecule has 0 bridgehead atoms. The lowest BCUT2D eigenvalue weighted by Crippen LogP contribution is -2.28. The fourth-order valence-corrected chi connectivity index (χ4v) is 4.73. The van der Waals surface area contributed by atoms with Crippen molar-refractivity contribution in [1.82, 2.24) is 4.72 Å². The molecule has 1 heterocycles. The predicted molar refractivity (Wildman–Crippen MR) is 132 cm³/mol. The minimum Gasteiger partial charge on any atom is -0.454 e. The van der Waals surface area contributed by atoms with Gasteiger partial charge in [-0.05, 0) is 71.8 Å². The van der Waals surface area contributed by atoms with Gasteiger partial charge in [0.2, 0.25) is 22.7 Å². The SMILES string of the molecule is Cc1cc(F)c(NC(=O)C2(c3ccc4c(c3)OCO4)CC2)cc1-c1ccc(CNS(C)(=O)=O)cc1.[HH]. The molecule has 184 valence electrons. The van der Waals surface area contributed by atoms with Gasteiger partial charge in [0.25, 0.3) is 0 Å². The van der Waals surface area contributed by atoms with Crippen LogP contribution in [0.2, 0.25) is 0 Å². The lowest BCUT2D eigenvalue weighted by atomic mass is 9.94.